The van der Waals surface area contributed by atoms with E-state index in [-0.39, 0.29) is 0 Å². The predicted molar refractivity (Wildman–Crippen MR) is 51.5 cm³/mol. The fraction of sp³-hybridized carbons (Fsp3) is 0.333. The highest BCUT2D eigenvalue weighted by molar-refractivity contribution is 9.10. The Morgan fingerprint density at radius 1 is 1.36 bits per heavy atom. The van der Waals surface area contributed by atoms with Crippen molar-refractivity contribution < 1.29 is 0 Å². The third kappa shape index (κ3) is 1.82. The summed E-state index contributed by atoms with van der Waals surface area (Å²) in [7, 11) is 0. The van der Waals surface area contributed by atoms with Crippen molar-refractivity contribution in [2.45, 2.75) is 20.4 Å². The molecule has 0 unspecified atom stereocenters. The summed E-state index contributed by atoms with van der Waals surface area (Å²) in [6.07, 6.45) is 0. The molecule has 1 nitrogen and oxygen atoms in total. The van der Waals surface area contributed by atoms with Crippen molar-refractivity contribution in [2.24, 2.45) is 5.73 Å². The lowest BCUT2D eigenvalue weighted by Gasteiger charge is -2.06. The predicted octanol–water partition coefficient (Wildman–Crippen LogP) is 2.52. The Labute approximate surface area is 75.7 Å². The SMILES string of the molecule is Cc1cc(Br)cc(CN)c1C. The lowest BCUT2D eigenvalue weighted by atomic mass is 10.0. The summed E-state index contributed by atoms with van der Waals surface area (Å²) in [5, 5.41) is 0. The van der Waals surface area contributed by atoms with Crippen molar-refractivity contribution in [1.29, 1.82) is 0 Å². The first-order valence-electron chi connectivity index (χ1n) is 3.61. The number of halogens is 1. The van der Waals surface area contributed by atoms with Crippen LogP contribution in [0.1, 0.15) is 16.7 Å². The van der Waals surface area contributed by atoms with Gasteiger partial charge < -0.3 is 5.73 Å². The molecule has 0 heterocycles. The van der Waals surface area contributed by atoms with Crippen molar-refractivity contribution in [3.63, 3.8) is 0 Å². The fourth-order valence-corrected chi connectivity index (χ4v) is 1.72. The summed E-state index contributed by atoms with van der Waals surface area (Å²) >= 11 is 3.43. The van der Waals surface area contributed by atoms with Crippen molar-refractivity contribution in [2.75, 3.05) is 0 Å². The summed E-state index contributed by atoms with van der Waals surface area (Å²) in [5.41, 5.74) is 9.38. The topological polar surface area (TPSA) is 26.0 Å². The van der Waals surface area contributed by atoms with Gasteiger partial charge >= 0.3 is 0 Å². The number of hydrogen-bond donors (Lipinski definition) is 1. The second-order valence-electron chi connectivity index (χ2n) is 2.71. The Bertz CT molecular complexity index is 269. The molecule has 1 rings (SSSR count). The zero-order chi connectivity index (χ0) is 8.43. The smallest absolute Gasteiger partial charge is 0.0181 e. The average Bonchev–Trinajstić information content (AvgIpc) is 1.96. The molecule has 0 aliphatic carbocycles. The van der Waals surface area contributed by atoms with Gasteiger partial charge in [-0.25, -0.2) is 0 Å². The minimum Gasteiger partial charge on any atom is -0.326 e. The summed E-state index contributed by atoms with van der Waals surface area (Å²) in [4.78, 5) is 0. The molecule has 1 aromatic carbocycles. The molecule has 0 spiro atoms. The van der Waals surface area contributed by atoms with Crippen LogP contribution >= 0.6 is 15.9 Å². The Morgan fingerprint density at radius 3 is 2.55 bits per heavy atom. The van der Waals surface area contributed by atoms with Gasteiger partial charge in [-0.05, 0) is 42.7 Å². The normalized spacial score (nSPS) is 10.2. The Morgan fingerprint density at radius 2 is 2.00 bits per heavy atom. The van der Waals surface area contributed by atoms with E-state index in [1.165, 1.54) is 16.7 Å². The minimum atomic E-state index is 0.617. The third-order valence-electron chi connectivity index (χ3n) is 1.96. The molecule has 11 heavy (non-hydrogen) atoms. The Hall–Kier alpha value is -0.340. The van der Waals surface area contributed by atoms with E-state index >= 15 is 0 Å². The van der Waals surface area contributed by atoms with Crippen molar-refractivity contribution in [3.05, 3.63) is 33.3 Å². The van der Waals surface area contributed by atoms with E-state index in [0.717, 1.165) is 4.47 Å². The van der Waals surface area contributed by atoms with Gasteiger partial charge in [-0.15, -0.1) is 0 Å². The maximum atomic E-state index is 5.57. The molecule has 0 saturated carbocycles. The van der Waals surface area contributed by atoms with E-state index < -0.39 is 0 Å². The van der Waals surface area contributed by atoms with Gasteiger partial charge in [-0.2, -0.15) is 0 Å². The van der Waals surface area contributed by atoms with Crippen LogP contribution in [0, 0.1) is 13.8 Å². The van der Waals surface area contributed by atoms with Crippen molar-refractivity contribution in [1.82, 2.24) is 0 Å². The number of nitrogens with two attached hydrogens (primary N) is 1. The molecule has 1 aromatic rings. The lowest BCUT2D eigenvalue weighted by molar-refractivity contribution is 1.04. The largest absolute Gasteiger partial charge is 0.326 e. The van der Waals surface area contributed by atoms with Crippen LogP contribution in [0.15, 0.2) is 16.6 Å². The zero-order valence-electron chi connectivity index (χ0n) is 6.82. The van der Waals surface area contributed by atoms with E-state index in [0.29, 0.717) is 6.54 Å². The van der Waals surface area contributed by atoms with Gasteiger partial charge in [-0.3, -0.25) is 0 Å². The zero-order valence-corrected chi connectivity index (χ0v) is 8.40. The van der Waals surface area contributed by atoms with Gasteiger partial charge in [0, 0.05) is 11.0 Å². The highest BCUT2D eigenvalue weighted by Gasteiger charge is 2.00. The molecule has 0 saturated heterocycles. The first-order chi connectivity index (χ1) is 5.15. The molecule has 2 heteroatoms. The van der Waals surface area contributed by atoms with E-state index in [1.807, 2.05) is 0 Å². The molecular weight excluding hydrogens is 202 g/mol. The van der Waals surface area contributed by atoms with Gasteiger partial charge in [0.15, 0.2) is 0 Å². The third-order valence-corrected chi connectivity index (χ3v) is 2.42. The molecule has 0 atom stereocenters. The van der Waals surface area contributed by atoms with Crippen LogP contribution in [-0.2, 0) is 6.54 Å². The summed E-state index contributed by atoms with van der Waals surface area (Å²) in [6, 6.07) is 4.18. The first kappa shape index (κ1) is 8.75. The molecule has 0 amide bonds. The molecule has 60 valence electrons. The summed E-state index contributed by atoms with van der Waals surface area (Å²) < 4.78 is 1.11. The van der Waals surface area contributed by atoms with Gasteiger partial charge in [-0.1, -0.05) is 15.9 Å². The number of benzene rings is 1. The fourth-order valence-electron chi connectivity index (χ4n) is 1.10. The molecule has 0 aromatic heterocycles. The van der Waals surface area contributed by atoms with Crippen LogP contribution in [0.5, 0.6) is 0 Å². The molecule has 0 fully saturated rings. The van der Waals surface area contributed by atoms with E-state index in [4.69, 9.17) is 5.73 Å². The van der Waals surface area contributed by atoms with Gasteiger partial charge in [0.2, 0.25) is 0 Å². The molecule has 2 N–H and O–H groups in total. The Balaban J connectivity index is 3.24. The van der Waals surface area contributed by atoms with Gasteiger partial charge in [0.05, 0.1) is 0 Å². The minimum absolute atomic E-state index is 0.617. The second kappa shape index (κ2) is 3.37. The Kier molecular flexibility index (Phi) is 2.68. The molecule has 0 aliphatic rings. The van der Waals surface area contributed by atoms with Gasteiger partial charge in [0.1, 0.15) is 0 Å². The quantitative estimate of drug-likeness (QED) is 0.763. The molecule has 0 bridgehead atoms. The average molecular weight is 214 g/mol. The van der Waals surface area contributed by atoms with E-state index in [2.05, 4.69) is 41.9 Å². The van der Waals surface area contributed by atoms with E-state index in [9.17, 15) is 0 Å². The monoisotopic (exact) mass is 213 g/mol. The molecular formula is C9H12BrN. The van der Waals surface area contributed by atoms with Crippen LogP contribution in [-0.4, -0.2) is 0 Å². The highest BCUT2D eigenvalue weighted by Crippen LogP contribution is 2.19. The van der Waals surface area contributed by atoms with Crippen LogP contribution in [0.3, 0.4) is 0 Å². The summed E-state index contributed by atoms with van der Waals surface area (Å²) in [5.74, 6) is 0. The van der Waals surface area contributed by atoms with E-state index in [1.54, 1.807) is 0 Å². The van der Waals surface area contributed by atoms with Crippen LogP contribution in [0.2, 0.25) is 0 Å². The molecule has 0 radical (unpaired) electrons. The standard InChI is InChI=1S/C9H12BrN/c1-6-3-9(10)4-8(5-11)7(6)2/h3-4H,5,11H2,1-2H3. The number of rotatable bonds is 1. The van der Waals surface area contributed by atoms with Crippen molar-refractivity contribution in [3.8, 4) is 0 Å². The van der Waals surface area contributed by atoms with Crippen LogP contribution < -0.4 is 5.73 Å². The maximum absolute atomic E-state index is 5.57. The molecule has 0 aliphatic heterocycles. The second-order valence-corrected chi connectivity index (χ2v) is 3.63. The van der Waals surface area contributed by atoms with Crippen molar-refractivity contribution >= 4 is 15.9 Å². The summed E-state index contributed by atoms with van der Waals surface area (Å²) in [6.45, 7) is 4.81. The van der Waals surface area contributed by atoms with Crippen LogP contribution in [0.25, 0.3) is 0 Å². The first-order valence-corrected chi connectivity index (χ1v) is 4.40. The number of hydrogen-bond acceptors (Lipinski definition) is 1. The lowest BCUT2D eigenvalue weighted by Crippen LogP contribution is -2.00. The van der Waals surface area contributed by atoms with Crippen LogP contribution in [0.4, 0.5) is 0 Å². The number of aryl methyl sites for hydroxylation is 1. The maximum Gasteiger partial charge on any atom is 0.0181 e. The highest BCUT2D eigenvalue weighted by atomic mass is 79.9. The van der Waals surface area contributed by atoms with Gasteiger partial charge in [0.25, 0.3) is 0 Å².